The summed E-state index contributed by atoms with van der Waals surface area (Å²) in [5.74, 6) is -2.30. The maximum Gasteiger partial charge on any atom is 0.326 e. The Kier molecular flexibility index (Phi) is 9.67. The molecule has 0 saturated carbocycles. The largest absolute Gasteiger partial charge is 0.480 e. The van der Waals surface area contributed by atoms with Crippen LogP contribution in [0.2, 0.25) is 0 Å². The minimum absolute atomic E-state index is 0.113. The van der Waals surface area contributed by atoms with E-state index in [2.05, 4.69) is 5.32 Å². The first-order valence-corrected chi connectivity index (χ1v) is 10.2. The lowest BCUT2D eigenvalue weighted by Gasteiger charge is -2.19. The van der Waals surface area contributed by atoms with Gasteiger partial charge in [-0.1, -0.05) is 60.7 Å². The van der Waals surface area contributed by atoms with E-state index < -0.39 is 36.0 Å². The highest BCUT2D eigenvalue weighted by molar-refractivity contribution is 5.86. The molecule has 0 heterocycles. The number of carboxylic acids is 1. The van der Waals surface area contributed by atoms with E-state index in [9.17, 15) is 19.5 Å². The molecule has 8 heteroatoms. The number of ether oxygens (including phenoxy) is 1. The van der Waals surface area contributed by atoms with Gasteiger partial charge in [0.2, 0.25) is 5.91 Å². The molecule has 2 aromatic carbocycles. The third kappa shape index (κ3) is 8.57. The first-order chi connectivity index (χ1) is 14.9. The van der Waals surface area contributed by atoms with E-state index in [1.54, 1.807) is 0 Å². The Hall–Kier alpha value is -3.23. The normalized spacial score (nSPS) is 13.6. The molecule has 0 aliphatic heterocycles. The van der Waals surface area contributed by atoms with Gasteiger partial charge in [-0.25, -0.2) is 4.79 Å². The van der Waals surface area contributed by atoms with Crippen LogP contribution in [0.15, 0.2) is 60.7 Å². The molecule has 6 N–H and O–H groups in total. The Balaban J connectivity index is 1.75. The molecule has 31 heavy (non-hydrogen) atoms. The van der Waals surface area contributed by atoms with Gasteiger partial charge in [-0.15, -0.1) is 0 Å². The van der Waals surface area contributed by atoms with Crippen LogP contribution in [0.25, 0.3) is 0 Å². The predicted molar refractivity (Wildman–Crippen MR) is 116 cm³/mol. The van der Waals surface area contributed by atoms with Crippen molar-refractivity contribution in [2.75, 3.05) is 0 Å². The Morgan fingerprint density at radius 2 is 1.39 bits per heavy atom. The third-order valence-corrected chi connectivity index (χ3v) is 4.83. The fourth-order valence-corrected chi connectivity index (χ4v) is 2.94. The zero-order valence-corrected chi connectivity index (χ0v) is 17.3. The van der Waals surface area contributed by atoms with Crippen molar-refractivity contribution in [3.05, 3.63) is 71.8 Å². The van der Waals surface area contributed by atoms with E-state index in [1.807, 2.05) is 60.7 Å². The average Bonchev–Trinajstić information content (AvgIpc) is 2.79. The number of hydrogen-bond acceptors (Lipinski definition) is 6. The number of esters is 1. The summed E-state index contributed by atoms with van der Waals surface area (Å²) in [6.45, 7) is 0.113. The van der Waals surface area contributed by atoms with Crippen molar-refractivity contribution >= 4 is 17.8 Å². The number of carbonyl (C=O) groups excluding carboxylic acids is 2. The number of carboxylic acid groups (broad SMARTS) is 1. The van der Waals surface area contributed by atoms with Gasteiger partial charge < -0.3 is 26.6 Å². The molecule has 0 saturated heterocycles. The lowest BCUT2D eigenvalue weighted by atomic mass is 10.0. The van der Waals surface area contributed by atoms with E-state index >= 15 is 0 Å². The number of aliphatic carboxylic acids is 1. The molecule has 0 aliphatic rings. The highest BCUT2D eigenvalue weighted by Crippen LogP contribution is 2.08. The molecule has 1 amide bonds. The quantitative estimate of drug-likeness (QED) is 0.374. The van der Waals surface area contributed by atoms with Crippen LogP contribution in [0.4, 0.5) is 0 Å². The van der Waals surface area contributed by atoms with Gasteiger partial charge >= 0.3 is 11.9 Å². The van der Waals surface area contributed by atoms with Crippen LogP contribution in [0, 0.1) is 0 Å². The molecule has 0 bridgehead atoms. The third-order valence-electron chi connectivity index (χ3n) is 4.83. The molecule has 166 valence electrons. The van der Waals surface area contributed by atoms with Gasteiger partial charge in [0.1, 0.15) is 18.7 Å². The van der Waals surface area contributed by atoms with E-state index in [0.29, 0.717) is 6.42 Å². The van der Waals surface area contributed by atoms with E-state index in [4.69, 9.17) is 16.2 Å². The van der Waals surface area contributed by atoms with Crippen molar-refractivity contribution in [2.45, 2.75) is 50.4 Å². The standard InChI is InChI=1S/C23H29N3O5/c24-18(12-13-19(25)23(30)31-15-17-9-5-2-6-10-17)21(27)26-20(22(28)29)14-11-16-7-3-1-4-8-16/h1-10,18-20H,11-15,24-25H2,(H,26,27)(H,28,29)/t18-,19?,20+/m0/s1. The minimum Gasteiger partial charge on any atom is -0.480 e. The summed E-state index contributed by atoms with van der Waals surface area (Å²) in [7, 11) is 0. The fourth-order valence-electron chi connectivity index (χ4n) is 2.94. The van der Waals surface area contributed by atoms with Crippen molar-refractivity contribution in [1.29, 1.82) is 0 Å². The summed E-state index contributed by atoms with van der Waals surface area (Å²) in [5, 5.41) is 11.9. The molecule has 0 aromatic heterocycles. The molecule has 8 nitrogen and oxygen atoms in total. The van der Waals surface area contributed by atoms with Gasteiger partial charge in [-0.2, -0.15) is 0 Å². The zero-order valence-electron chi connectivity index (χ0n) is 17.3. The van der Waals surface area contributed by atoms with Crippen molar-refractivity contribution in [3.8, 4) is 0 Å². The first kappa shape index (κ1) is 24.0. The van der Waals surface area contributed by atoms with E-state index in [-0.39, 0.29) is 25.9 Å². The van der Waals surface area contributed by atoms with Crippen molar-refractivity contribution in [3.63, 3.8) is 0 Å². The summed E-state index contributed by atoms with van der Waals surface area (Å²) in [6.07, 6.45) is 1.01. The van der Waals surface area contributed by atoms with E-state index in [1.165, 1.54) is 0 Å². The molecule has 1 unspecified atom stereocenters. The maximum atomic E-state index is 12.3. The summed E-state index contributed by atoms with van der Waals surface area (Å²) in [5.41, 5.74) is 13.5. The summed E-state index contributed by atoms with van der Waals surface area (Å²) in [6, 6.07) is 15.6. The first-order valence-electron chi connectivity index (χ1n) is 10.2. The van der Waals surface area contributed by atoms with Gasteiger partial charge in [-0.3, -0.25) is 9.59 Å². The number of aryl methyl sites for hydroxylation is 1. The molecular weight excluding hydrogens is 398 g/mol. The highest BCUT2D eigenvalue weighted by atomic mass is 16.5. The lowest BCUT2D eigenvalue weighted by molar-refractivity contribution is -0.146. The van der Waals surface area contributed by atoms with Crippen molar-refractivity contribution < 1.29 is 24.2 Å². The smallest absolute Gasteiger partial charge is 0.326 e. The molecule has 0 radical (unpaired) electrons. The summed E-state index contributed by atoms with van der Waals surface area (Å²) >= 11 is 0. The molecule has 0 spiro atoms. The zero-order chi connectivity index (χ0) is 22.6. The van der Waals surface area contributed by atoms with Crippen LogP contribution in [0.1, 0.15) is 30.4 Å². The predicted octanol–water partition coefficient (Wildman–Crippen LogP) is 1.37. The number of nitrogens with one attached hydrogen (secondary N) is 1. The number of rotatable bonds is 12. The van der Waals surface area contributed by atoms with Crippen LogP contribution in [-0.2, 0) is 32.1 Å². The van der Waals surface area contributed by atoms with E-state index in [0.717, 1.165) is 11.1 Å². The van der Waals surface area contributed by atoms with Crippen LogP contribution in [-0.4, -0.2) is 41.1 Å². The summed E-state index contributed by atoms with van der Waals surface area (Å²) < 4.78 is 5.17. The molecule has 0 fully saturated rings. The second-order valence-corrected chi connectivity index (χ2v) is 7.31. The van der Waals surface area contributed by atoms with Crippen molar-refractivity contribution in [2.24, 2.45) is 11.5 Å². The molecular formula is C23H29N3O5. The lowest BCUT2D eigenvalue weighted by Crippen LogP contribution is -2.49. The van der Waals surface area contributed by atoms with Gasteiger partial charge in [0.15, 0.2) is 0 Å². The second kappa shape index (κ2) is 12.5. The van der Waals surface area contributed by atoms with Gasteiger partial charge in [-0.05, 0) is 36.8 Å². The molecule has 3 atom stereocenters. The second-order valence-electron chi connectivity index (χ2n) is 7.31. The Labute approximate surface area is 181 Å². The van der Waals surface area contributed by atoms with Gasteiger partial charge in [0.05, 0.1) is 6.04 Å². The Bertz CT molecular complexity index is 845. The number of hydrogen-bond donors (Lipinski definition) is 4. The molecule has 2 rings (SSSR count). The van der Waals surface area contributed by atoms with Gasteiger partial charge in [0, 0.05) is 0 Å². The SMILES string of the molecule is NC(CC[C@H](N)C(=O)N[C@H](CCc1ccccc1)C(=O)O)C(=O)OCc1ccccc1. The monoisotopic (exact) mass is 427 g/mol. The van der Waals surface area contributed by atoms with Crippen LogP contribution in [0.5, 0.6) is 0 Å². The van der Waals surface area contributed by atoms with Crippen LogP contribution >= 0.6 is 0 Å². The number of benzene rings is 2. The number of carbonyl (C=O) groups is 3. The molecule has 2 aromatic rings. The van der Waals surface area contributed by atoms with Crippen molar-refractivity contribution in [1.82, 2.24) is 5.32 Å². The highest BCUT2D eigenvalue weighted by Gasteiger charge is 2.24. The Morgan fingerprint density at radius 1 is 0.839 bits per heavy atom. The van der Waals surface area contributed by atoms with Gasteiger partial charge in [0.25, 0.3) is 0 Å². The topological polar surface area (TPSA) is 145 Å². The number of nitrogens with two attached hydrogens (primary N) is 2. The Morgan fingerprint density at radius 3 is 1.97 bits per heavy atom. The maximum absolute atomic E-state index is 12.3. The number of amides is 1. The summed E-state index contributed by atoms with van der Waals surface area (Å²) in [4.78, 5) is 35.8. The molecule has 0 aliphatic carbocycles. The average molecular weight is 428 g/mol. The van der Waals surface area contributed by atoms with Crippen LogP contribution in [0.3, 0.4) is 0 Å². The fraction of sp³-hybridized carbons (Fsp3) is 0.348. The minimum atomic E-state index is -1.13. The van der Waals surface area contributed by atoms with Crippen LogP contribution < -0.4 is 16.8 Å².